The second-order valence-electron chi connectivity index (χ2n) is 6.18. The fourth-order valence-electron chi connectivity index (χ4n) is 2.61. The smallest absolute Gasteiger partial charge is 0.144 e. The molecule has 0 fully saturated rings. The molecule has 1 aromatic rings. The first-order chi connectivity index (χ1) is 12.1. The van der Waals surface area contributed by atoms with Crippen molar-refractivity contribution in [3.63, 3.8) is 0 Å². The van der Waals surface area contributed by atoms with E-state index in [4.69, 9.17) is 0 Å². The van der Waals surface area contributed by atoms with Gasteiger partial charge in [-0.3, -0.25) is 0 Å². The van der Waals surface area contributed by atoms with E-state index in [2.05, 4.69) is 18.8 Å². The summed E-state index contributed by atoms with van der Waals surface area (Å²) in [7, 11) is 0. The highest BCUT2D eigenvalue weighted by molar-refractivity contribution is 7.99. The van der Waals surface area contributed by atoms with Crippen LogP contribution in [0.2, 0.25) is 0 Å². The van der Waals surface area contributed by atoms with E-state index in [1.807, 2.05) is 11.8 Å². The van der Waals surface area contributed by atoms with Crippen molar-refractivity contribution >= 4 is 11.8 Å². The van der Waals surface area contributed by atoms with Gasteiger partial charge < -0.3 is 0 Å². The molecule has 0 atom stereocenters. The van der Waals surface area contributed by atoms with Gasteiger partial charge in [-0.2, -0.15) is 11.8 Å². The van der Waals surface area contributed by atoms with Crippen LogP contribution in [0, 0.1) is 29.3 Å². The Hall–Kier alpha value is -1.08. The number of benzene rings is 1. The minimum atomic E-state index is -0.932. The Kier molecular flexibility index (Phi) is 12.4. The van der Waals surface area contributed by atoms with Crippen molar-refractivity contribution in [3.05, 3.63) is 35.1 Å². The van der Waals surface area contributed by atoms with Gasteiger partial charge in [0.05, 0.1) is 5.56 Å². The Bertz CT molecular complexity index is 523. The monoisotopic (exact) mass is 370 g/mol. The van der Waals surface area contributed by atoms with E-state index in [0.29, 0.717) is 18.6 Å². The molecule has 0 N–H and O–H groups in total. The Morgan fingerprint density at radius 1 is 0.800 bits per heavy atom. The van der Waals surface area contributed by atoms with E-state index in [1.54, 1.807) is 0 Å². The summed E-state index contributed by atoms with van der Waals surface area (Å²) in [6.45, 7) is 2.20. The minimum Gasteiger partial charge on any atom is -0.207 e. The second kappa shape index (κ2) is 14.1. The molecule has 4 heteroatoms. The average molecular weight is 371 g/mol. The lowest BCUT2D eigenvalue weighted by atomic mass is 10.1. The lowest BCUT2D eigenvalue weighted by Gasteiger charge is -2.02. The summed E-state index contributed by atoms with van der Waals surface area (Å²) in [5.41, 5.74) is -0.335. The van der Waals surface area contributed by atoms with Gasteiger partial charge in [-0.15, -0.1) is 0 Å². The summed E-state index contributed by atoms with van der Waals surface area (Å²) in [6, 6.07) is 1.32. The maximum Gasteiger partial charge on any atom is 0.144 e. The highest BCUT2D eigenvalue weighted by atomic mass is 32.2. The molecule has 0 nitrogen and oxygen atoms in total. The minimum absolute atomic E-state index is 0.335. The van der Waals surface area contributed by atoms with Gasteiger partial charge in [0.1, 0.15) is 17.5 Å². The summed E-state index contributed by atoms with van der Waals surface area (Å²) in [5.74, 6) is 5.00. The van der Waals surface area contributed by atoms with E-state index < -0.39 is 17.5 Å². The second-order valence-corrected chi connectivity index (χ2v) is 7.57. The first kappa shape index (κ1) is 22.0. The van der Waals surface area contributed by atoms with Crippen molar-refractivity contribution < 1.29 is 13.2 Å². The van der Waals surface area contributed by atoms with Gasteiger partial charge in [-0.05, 0) is 24.3 Å². The lowest BCUT2D eigenvalue weighted by molar-refractivity contribution is 0.539. The Morgan fingerprint density at radius 2 is 1.32 bits per heavy atom. The highest BCUT2D eigenvalue weighted by Crippen LogP contribution is 2.14. The van der Waals surface area contributed by atoms with Crippen molar-refractivity contribution in [1.82, 2.24) is 0 Å². The number of unbranched alkanes of at least 4 members (excludes halogenated alkanes) is 9. The van der Waals surface area contributed by atoms with Gasteiger partial charge in [0, 0.05) is 18.6 Å². The predicted molar refractivity (Wildman–Crippen MR) is 102 cm³/mol. The SMILES string of the molecule is CCSCCCCCCCCCCCC#Cc1c(F)cc(F)cc1F. The fraction of sp³-hybridized carbons (Fsp3) is 0.619. The van der Waals surface area contributed by atoms with Crippen LogP contribution in [-0.2, 0) is 0 Å². The van der Waals surface area contributed by atoms with Crippen LogP contribution in [0.5, 0.6) is 0 Å². The molecule has 1 rings (SSSR count). The molecule has 0 saturated heterocycles. The molecule has 0 aliphatic heterocycles. The van der Waals surface area contributed by atoms with Crippen LogP contribution < -0.4 is 0 Å². The standard InChI is InChI=1S/C21H29F3S/c1-2-25-15-13-11-9-7-5-3-4-6-8-10-12-14-19-20(23)16-18(22)17-21(19)24/h16-17H,2-11,13,15H2,1H3. The van der Waals surface area contributed by atoms with Crippen LogP contribution in [0.25, 0.3) is 0 Å². The maximum atomic E-state index is 13.4. The van der Waals surface area contributed by atoms with Gasteiger partial charge in [-0.1, -0.05) is 63.7 Å². The molecule has 140 valence electrons. The number of rotatable bonds is 12. The van der Waals surface area contributed by atoms with E-state index in [-0.39, 0.29) is 5.56 Å². The zero-order valence-electron chi connectivity index (χ0n) is 15.2. The van der Waals surface area contributed by atoms with Crippen molar-refractivity contribution in [2.24, 2.45) is 0 Å². The number of halogens is 3. The molecule has 0 radical (unpaired) electrons. The summed E-state index contributed by atoms with van der Waals surface area (Å²) < 4.78 is 39.6. The quantitative estimate of drug-likeness (QED) is 0.279. The topological polar surface area (TPSA) is 0 Å². The molecule has 0 spiro atoms. The summed E-state index contributed by atoms with van der Waals surface area (Å²) in [4.78, 5) is 0. The van der Waals surface area contributed by atoms with E-state index >= 15 is 0 Å². The van der Waals surface area contributed by atoms with Gasteiger partial charge in [0.15, 0.2) is 0 Å². The van der Waals surface area contributed by atoms with E-state index in [1.165, 1.54) is 56.5 Å². The summed E-state index contributed by atoms with van der Waals surface area (Å²) in [5, 5.41) is 0. The van der Waals surface area contributed by atoms with E-state index in [0.717, 1.165) is 12.8 Å². The number of hydrogen-bond donors (Lipinski definition) is 0. The highest BCUT2D eigenvalue weighted by Gasteiger charge is 2.08. The third-order valence-corrected chi connectivity index (χ3v) is 5.00. The third-order valence-electron chi connectivity index (χ3n) is 4.01. The van der Waals surface area contributed by atoms with Crippen LogP contribution in [-0.4, -0.2) is 11.5 Å². The molecule has 0 aliphatic rings. The van der Waals surface area contributed by atoms with Gasteiger partial charge >= 0.3 is 0 Å². The molecule has 0 amide bonds. The summed E-state index contributed by atoms with van der Waals surface area (Å²) in [6.07, 6.45) is 11.7. The van der Waals surface area contributed by atoms with Crippen molar-refractivity contribution in [2.75, 3.05) is 11.5 Å². The molecule has 0 aromatic heterocycles. The number of hydrogen-bond acceptors (Lipinski definition) is 1. The van der Waals surface area contributed by atoms with Crippen LogP contribution in [0.1, 0.15) is 76.7 Å². The van der Waals surface area contributed by atoms with Crippen molar-refractivity contribution in [2.45, 2.75) is 71.1 Å². The Balaban J connectivity index is 2.01. The lowest BCUT2D eigenvalue weighted by Crippen LogP contribution is -1.92. The molecule has 25 heavy (non-hydrogen) atoms. The normalized spacial score (nSPS) is 10.6. The van der Waals surface area contributed by atoms with Gasteiger partial charge in [-0.25, -0.2) is 13.2 Å². The van der Waals surface area contributed by atoms with Crippen molar-refractivity contribution in [3.8, 4) is 11.8 Å². The fourth-order valence-corrected chi connectivity index (χ4v) is 3.31. The Labute approximate surface area is 155 Å². The molecule has 1 aromatic carbocycles. The third kappa shape index (κ3) is 10.5. The molecule has 0 heterocycles. The van der Waals surface area contributed by atoms with E-state index in [9.17, 15) is 13.2 Å². The number of thioether (sulfide) groups is 1. The first-order valence-electron chi connectivity index (χ1n) is 9.36. The predicted octanol–water partition coefficient (Wildman–Crippen LogP) is 7.11. The zero-order valence-corrected chi connectivity index (χ0v) is 16.0. The molecule has 0 aliphatic carbocycles. The van der Waals surface area contributed by atoms with Crippen LogP contribution in [0.4, 0.5) is 13.2 Å². The molecule has 0 bridgehead atoms. The van der Waals surface area contributed by atoms with Gasteiger partial charge in [0.2, 0.25) is 0 Å². The first-order valence-corrected chi connectivity index (χ1v) is 10.5. The largest absolute Gasteiger partial charge is 0.207 e. The molecular formula is C21H29F3S. The van der Waals surface area contributed by atoms with Crippen LogP contribution >= 0.6 is 11.8 Å². The van der Waals surface area contributed by atoms with Crippen molar-refractivity contribution in [1.29, 1.82) is 0 Å². The summed E-state index contributed by atoms with van der Waals surface area (Å²) >= 11 is 2.02. The van der Waals surface area contributed by atoms with Crippen LogP contribution in [0.15, 0.2) is 12.1 Å². The maximum absolute atomic E-state index is 13.4. The van der Waals surface area contributed by atoms with Gasteiger partial charge in [0.25, 0.3) is 0 Å². The Morgan fingerprint density at radius 3 is 1.88 bits per heavy atom. The molecule has 0 unspecified atom stereocenters. The van der Waals surface area contributed by atoms with Crippen LogP contribution in [0.3, 0.4) is 0 Å². The molecule has 0 saturated carbocycles. The average Bonchev–Trinajstić information content (AvgIpc) is 2.57. The molecular weight excluding hydrogens is 341 g/mol. The zero-order chi connectivity index (χ0) is 18.3.